The van der Waals surface area contributed by atoms with E-state index in [9.17, 15) is 9.18 Å². The van der Waals surface area contributed by atoms with Crippen LogP contribution in [0.1, 0.15) is 38.2 Å². The van der Waals surface area contributed by atoms with Crippen LogP contribution in [0, 0.1) is 17.7 Å². The Bertz CT molecular complexity index is 427. The summed E-state index contributed by atoms with van der Waals surface area (Å²) in [5.74, 6) is 0.542. The summed E-state index contributed by atoms with van der Waals surface area (Å²) in [6, 6.07) is 6.72. The van der Waals surface area contributed by atoms with Crippen LogP contribution in [-0.2, 0) is 11.2 Å². The molecule has 2 rings (SSSR count). The molecule has 0 radical (unpaired) electrons. The highest BCUT2D eigenvalue weighted by molar-refractivity contribution is 5.78. The number of amides is 1. The van der Waals surface area contributed by atoms with Crippen molar-refractivity contribution in [2.75, 3.05) is 6.54 Å². The van der Waals surface area contributed by atoms with Gasteiger partial charge in [-0.15, -0.1) is 0 Å². The molecule has 1 fully saturated rings. The van der Waals surface area contributed by atoms with Crippen LogP contribution in [0.25, 0.3) is 0 Å². The van der Waals surface area contributed by atoms with Crippen molar-refractivity contribution in [3.8, 4) is 0 Å². The smallest absolute Gasteiger partial charge is 0.223 e. The van der Waals surface area contributed by atoms with E-state index in [1.807, 2.05) is 13.0 Å². The summed E-state index contributed by atoms with van der Waals surface area (Å²) in [5, 5.41) is 2.93. The van der Waals surface area contributed by atoms with Crippen molar-refractivity contribution in [1.82, 2.24) is 5.32 Å². The van der Waals surface area contributed by atoms with Crippen LogP contribution in [0.15, 0.2) is 24.3 Å². The number of carbonyl (C=O) groups excluding carboxylic acids is 1. The lowest BCUT2D eigenvalue weighted by Crippen LogP contribution is -2.34. The van der Waals surface area contributed by atoms with Crippen LogP contribution < -0.4 is 5.32 Å². The second-order valence-corrected chi connectivity index (χ2v) is 5.47. The predicted molar refractivity (Wildman–Crippen MR) is 74.2 cm³/mol. The van der Waals surface area contributed by atoms with Gasteiger partial charge in [0.2, 0.25) is 5.91 Å². The summed E-state index contributed by atoms with van der Waals surface area (Å²) < 4.78 is 13.4. The van der Waals surface area contributed by atoms with Gasteiger partial charge in [-0.05, 0) is 36.8 Å². The minimum atomic E-state index is -0.194. The van der Waals surface area contributed by atoms with Crippen LogP contribution in [0.2, 0.25) is 0 Å². The summed E-state index contributed by atoms with van der Waals surface area (Å²) in [7, 11) is 0. The molecule has 3 heteroatoms. The van der Waals surface area contributed by atoms with Gasteiger partial charge in [-0.25, -0.2) is 4.39 Å². The number of halogens is 1. The zero-order chi connectivity index (χ0) is 13.7. The van der Waals surface area contributed by atoms with Crippen molar-refractivity contribution in [1.29, 1.82) is 0 Å². The summed E-state index contributed by atoms with van der Waals surface area (Å²) in [6.45, 7) is 2.52. The van der Waals surface area contributed by atoms with Gasteiger partial charge < -0.3 is 5.32 Å². The predicted octanol–water partition coefficient (Wildman–Crippen LogP) is 3.31. The first-order valence-electron chi connectivity index (χ1n) is 7.19. The second kappa shape index (κ2) is 6.69. The average molecular weight is 263 g/mol. The fraction of sp³-hybridized carbons (Fsp3) is 0.562. The molecule has 1 N–H and O–H groups in total. The normalized spacial score (nSPS) is 17.4. The summed E-state index contributed by atoms with van der Waals surface area (Å²) in [6.07, 6.45) is 5.38. The van der Waals surface area contributed by atoms with E-state index in [4.69, 9.17) is 0 Å². The molecule has 1 aromatic carbocycles. The third kappa shape index (κ3) is 3.79. The Labute approximate surface area is 114 Å². The van der Waals surface area contributed by atoms with Crippen molar-refractivity contribution in [2.24, 2.45) is 11.8 Å². The molecule has 0 bridgehead atoms. The van der Waals surface area contributed by atoms with E-state index in [0.29, 0.717) is 24.4 Å². The number of carbonyl (C=O) groups is 1. The molecular formula is C16H22FNO. The van der Waals surface area contributed by atoms with E-state index in [1.165, 1.54) is 31.7 Å². The monoisotopic (exact) mass is 263 g/mol. The maximum Gasteiger partial charge on any atom is 0.223 e. The number of rotatable bonds is 5. The van der Waals surface area contributed by atoms with Crippen molar-refractivity contribution in [3.63, 3.8) is 0 Å². The van der Waals surface area contributed by atoms with E-state index in [2.05, 4.69) is 5.32 Å². The zero-order valence-corrected chi connectivity index (χ0v) is 11.5. The van der Waals surface area contributed by atoms with Crippen LogP contribution in [0.4, 0.5) is 4.39 Å². The topological polar surface area (TPSA) is 29.1 Å². The molecule has 0 aromatic heterocycles. The fourth-order valence-corrected chi connectivity index (χ4v) is 2.85. The molecule has 0 aliphatic heterocycles. The van der Waals surface area contributed by atoms with Crippen molar-refractivity contribution >= 4 is 5.91 Å². The van der Waals surface area contributed by atoms with Crippen LogP contribution in [-0.4, -0.2) is 12.5 Å². The molecule has 1 atom stereocenters. The Kier molecular flexibility index (Phi) is 4.94. The molecule has 1 aliphatic rings. The lowest BCUT2D eigenvalue weighted by molar-refractivity contribution is -0.126. The van der Waals surface area contributed by atoms with E-state index in [1.54, 1.807) is 12.1 Å². The highest BCUT2D eigenvalue weighted by atomic mass is 19.1. The minimum absolute atomic E-state index is 0.0862. The molecule has 1 aromatic rings. The lowest BCUT2D eigenvalue weighted by atomic mass is 9.92. The Morgan fingerprint density at radius 1 is 1.37 bits per heavy atom. The van der Waals surface area contributed by atoms with Crippen molar-refractivity contribution in [3.05, 3.63) is 35.6 Å². The first-order chi connectivity index (χ1) is 9.18. The Hall–Kier alpha value is -1.38. The van der Waals surface area contributed by atoms with Crippen LogP contribution in [0.3, 0.4) is 0 Å². The minimum Gasteiger partial charge on any atom is -0.356 e. The maximum atomic E-state index is 13.4. The van der Waals surface area contributed by atoms with Gasteiger partial charge in [0.15, 0.2) is 0 Å². The first kappa shape index (κ1) is 14.0. The van der Waals surface area contributed by atoms with Crippen LogP contribution in [0.5, 0.6) is 0 Å². The van der Waals surface area contributed by atoms with Gasteiger partial charge in [0.1, 0.15) is 5.82 Å². The third-order valence-corrected chi connectivity index (χ3v) is 4.17. The van der Waals surface area contributed by atoms with E-state index >= 15 is 0 Å². The molecule has 1 unspecified atom stereocenters. The zero-order valence-electron chi connectivity index (χ0n) is 11.5. The van der Waals surface area contributed by atoms with E-state index < -0.39 is 0 Å². The van der Waals surface area contributed by atoms with Gasteiger partial charge in [0, 0.05) is 12.5 Å². The number of nitrogens with one attached hydrogen (secondary N) is 1. The lowest BCUT2D eigenvalue weighted by Gasteiger charge is -2.18. The van der Waals surface area contributed by atoms with E-state index in [-0.39, 0.29) is 17.6 Å². The molecule has 1 aliphatic carbocycles. The SMILES string of the molecule is CC(C(=O)NCCc1ccccc1F)C1CCCC1. The number of hydrogen-bond donors (Lipinski definition) is 1. The molecular weight excluding hydrogens is 241 g/mol. The molecule has 104 valence electrons. The fourth-order valence-electron chi connectivity index (χ4n) is 2.85. The van der Waals surface area contributed by atoms with Crippen LogP contribution >= 0.6 is 0 Å². The highest BCUT2D eigenvalue weighted by Crippen LogP contribution is 2.31. The highest BCUT2D eigenvalue weighted by Gasteiger charge is 2.26. The molecule has 0 saturated heterocycles. The summed E-state index contributed by atoms with van der Waals surface area (Å²) in [4.78, 5) is 12.0. The van der Waals surface area contributed by atoms with Gasteiger partial charge in [-0.1, -0.05) is 38.0 Å². The molecule has 0 heterocycles. The number of hydrogen-bond acceptors (Lipinski definition) is 1. The molecule has 0 spiro atoms. The molecule has 1 saturated carbocycles. The van der Waals surface area contributed by atoms with Crippen molar-refractivity contribution < 1.29 is 9.18 Å². The van der Waals surface area contributed by atoms with Gasteiger partial charge >= 0.3 is 0 Å². The van der Waals surface area contributed by atoms with Gasteiger partial charge in [0.05, 0.1) is 0 Å². The Balaban J connectivity index is 1.76. The number of benzene rings is 1. The standard InChI is InChI=1S/C16H22FNO/c1-12(13-6-2-3-7-13)16(19)18-11-10-14-8-4-5-9-15(14)17/h4-5,8-9,12-13H,2-3,6-7,10-11H2,1H3,(H,18,19). The van der Waals surface area contributed by atoms with Crippen molar-refractivity contribution in [2.45, 2.75) is 39.0 Å². The Morgan fingerprint density at radius 2 is 2.05 bits per heavy atom. The first-order valence-corrected chi connectivity index (χ1v) is 7.19. The molecule has 1 amide bonds. The van der Waals surface area contributed by atoms with Gasteiger partial charge in [-0.3, -0.25) is 4.79 Å². The second-order valence-electron chi connectivity index (χ2n) is 5.47. The van der Waals surface area contributed by atoms with Gasteiger partial charge in [0.25, 0.3) is 0 Å². The molecule has 2 nitrogen and oxygen atoms in total. The maximum absolute atomic E-state index is 13.4. The molecule has 19 heavy (non-hydrogen) atoms. The Morgan fingerprint density at radius 3 is 2.74 bits per heavy atom. The van der Waals surface area contributed by atoms with E-state index in [0.717, 1.165) is 0 Å². The quantitative estimate of drug-likeness (QED) is 0.867. The third-order valence-electron chi connectivity index (χ3n) is 4.17. The van der Waals surface area contributed by atoms with Gasteiger partial charge in [-0.2, -0.15) is 0 Å². The summed E-state index contributed by atoms with van der Waals surface area (Å²) in [5.41, 5.74) is 0.663. The summed E-state index contributed by atoms with van der Waals surface area (Å²) >= 11 is 0. The average Bonchev–Trinajstić information content (AvgIpc) is 2.94. The largest absolute Gasteiger partial charge is 0.356 e.